The number of fused-ring (bicyclic) bond motifs is 2. The first-order valence-electron chi connectivity index (χ1n) is 13.5. The van der Waals surface area contributed by atoms with Crippen LogP contribution in [0.25, 0.3) is 28.2 Å². The van der Waals surface area contributed by atoms with Gasteiger partial charge in [-0.2, -0.15) is 0 Å². The van der Waals surface area contributed by atoms with Crippen LogP contribution in [0.3, 0.4) is 0 Å². The number of aromatic hydroxyl groups is 2. The predicted octanol–water partition coefficient (Wildman–Crippen LogP) is 2.74. The number of benzene rings is 2. The summed E-state index contributed by atoms with van der Waals surface area (Å²) in [5.41, 5.74) is 1.02. The molecule has 6 N–H and O–H groups in total. The zero-order valence-corrected chi connectivity index (χ0v) is 23.6. The Morgan fingerprint density at radius 3 is 2.48 bits per heavy atom. The van der Waals surface area contributed by atoms with Crippen molar-refractivity contribution in [2.24, 2.45) is 0 Å². The van der Waals surface area contributed by atoms with Crippen molar-refractivity contribution >= 4 is 17.0 Å². The molecule has 42 heavy (non-hydrogen) atoms. The van der Waals surface area contributed by atoms with Gasteiger partial charge in [0.25, 0.3) is 0 Å². The van der Waals surface area contributed by atoms with E-state index in [2.05, 4.69) is 0 Å². The predicted molar refractivity (Wildman–Crippen MR) is 153 cm³/mol. The summed E-state index contributed by atoms with van der Waals surface area (Å²) in [6, 6.07) is 3.95. The molecular formula is C31H34O11. The molecule has 0 saturated carbocycles. The van der Waals surface area contributed by atoms with Gasteiger partial charge in [-0.05, 0) is 58.4 Å². The molecule has 5 rings (SSSR count). The van der Waals surface area contributed by atoms with E-state index in [0.717, 1.165) is 5.57 Å². The molecule has 1 fully saturated rings. The van der Waals surface area contributed by atoms with E-state index in [1.54, 1.807) is 12.2 Å². The van der Waals surface area contributed by atoms with Crippen LogP contribution in [0.15, 0.2) is 51.4 Å². The molecule has 1 saturated heterocycles. The summed E-state index contributed by atoms with van der Waals surface area (Å²) in [6.45, 7) is 7.03. The van der Waals surface area contributed by atoms with E-state index >= 15 is 0 Å². The zero-order valence-electron chi connectivity index (χ0n) is 23.6. The van der Waals surface area contributed by atoms with E-state index in [-0.39, 0.29) is 39.3 Å². The number of rotatable bonds is 6. The summed E-state index contributed by atoms with van der Waals surface area (Å²) in [7, 11) is 0. The van der Waals surface area contributed by atoms with E-state index in [0.29, 0.717) is 23.3 Å². The van der Waals surface area contributed by atoms with Crippen molar-refractivity contribution in [1.82, 2.24) is 0 Å². The van der Waals surface area contributed by atoms with Crippen LogP contribution in [0, 0.1) is 0 Å². The Bertz CT molecular complexity index is 1630. The Morgan fingerprint density at radius 1 is 1.07 bits per heavy atom. The molecule has 0 spiro atoms. The van der Waals surface area contributed by atoms with Gasteiger partial charge in [0.05, 0.1) is 17.7 Å². The summed E-state index contributed by atoms with van der Waals surface area (Å²) in [5.74, 6) is -0.240. The maximum Gasteiger partial charge on any atom is 0.229 e. The minimum absolute atomic E-state index is 0.0107. The second-order valence-corrected chi connectivity index (χ2v) is 11.3. The second-order valence-electron chi connectivity index (χ2n) is 11.3. The van der Waals surface area contributed by atoms with Crippen molar-refractivity contribution in [3.63, 3.8) is 0 Å². The molecule has 0 radical (unpaired) electrons. The third-order valence-corrected chi connectivity index (χ3v) is 7.37. The Balaban J connectivity index is 1.56. The fourth-order valence-corrected chi connectivity index (χ4v) is 5.05. The van der Waals surface area contributed by atoms with E-state index < -0.39 is 48.3 Å². The van der Waals surface area contributed by atoms with Crippen molar-refractivity contribution in [1.29, 1.82) is 0 Å². The lowest BCUT2D eigenvalue weighted by Crippen LogP contribution is -2.60. The quantitative estimate of drug-likeness (QED) is 0.235. The Morgan fingerprint density at radius 2 is 1.81 bits per heavy atom. The lowest BCUT2D eigenvalue weighted by molar-refractivity contribution is -0.277. The maximum absolute atomic E-state index is 13.8. The van der Waals surface area contributed by atoms with Crippen molar-refractivity contribution in [3.8, 4) is 34.1 Å². The average molecular weight is 583 g/mol. The van der Waals surface area contributed by atoms with E-state index in [1.165, 1.54) is 24.5 Å². The van der Waals surface area contributed by atoms with Gasteiger partial charge >= 0.3 is 0 Å². The van der Waals surface area contributed by atoms with E-state index in [1.807, 2.05) is 33.8 Å². The highest BCUT2D eigenvalue weighted by Gasteiger charge is 2.44. The molecule has 2 aromatic carbocycles. The first kappa shape index (κ1) is 29.6. The highest BCUT2D eigenvalue weighted by atomic mass is 16.7. The number of phenols is 2. The van der Waals surface area contributed by atoms with Gasteiger partial charge in [-0.1, -0.05) is 11.6 Å². The van der Waals surface area contributed by atoms with Gasteiger partial charge < -0.3 is 49.3 Å². The smallest absolute Gasteiger partial charge is 0.229 e. The van der Waals surface area contributed by atoms with Crippen LogP contribution >= 0.6 is 0 Å². The van der Waals surface area contributed by atoms with Crippen LogP contribution < -0.4 is 14.9 Å². The molecule has 2 aliphatic rings. The van der Waals surface area contributed by atoms with Crippen molar-refractivity contribution < 1.29 is 49.3 Å². The molecule has 224 valence electrons. The van der Waals surface area contributed by atoms with Crippen LogP contribution in [0.5, 0.6) is 23.0 Å². The molecule has 0 bridgehead atoms. The van der Waals surface area contributed by atoms with E-state index in [4.69, 9.17) is 18.6 Å². The Labute approximate surface area is 241 Å². The van der Waals surface area contributed by atoms with Gasteiger partial charge in [-0.3, -0.25) is 4.79 Å². The van der Waals surface area contributed by atoms with Gasteiger partial charge in [-0.15, -0.1) is 0 Å². The van der Waals surface area contributed by atoms with Crippen LogP contribution in [0.2, 0.25) is 0 Å². The summed E-state index contributed by atoms with van der Waals surface area (Å²) in [6.07, 6.45) is -0.389. The minimum atomic E-state index is -1.64. The maximum atomic E-state index is 13.8. The van der Waals surface area contributed by atoms with Crippen LogP contribution in [0.4, 0.5) is 0 Å². The zero-order chi connectivity index (χ0) is 30.5. The minimum Gasteiger partial charge on any atom is -0.507 e. The lowest BCUT2D eigenvalue weighted by atomic mass is 9.93. The Hall–Kier alpha value is -3.87. The van der Waals surface area contributed by atoms with Crippen molar-refractivity contribution in [2.75, 3.05) is 6.61 Å². The molecule has 1 aromatic heterocycles. The summed E-state index contributed by atoms with van der Waals surface area (Å²) in [5, 5.41) is 61.7. The van der Waals surface area contributed by atoms with Gasteiger partial charge in [0.1, 0.15) is 70.2 Å². The second kappa shape index (κ2) is 11.1. The fraction of sp³-hybridized carbons (Fsp3) is 0.387. The number of aliphatic hydroxyl groups is 4. The van der Waals surface area contributed by atoms with Crippen LogP contribution in [-0.2, 0) is 11.2 Å². The SMILES string of the molecule is CC(C)=CCc1c2c(c(O)c3c(=O)c(-c4ccc(OC5OC(CO)C(O)C(O)C5O)cc4O)coc13)C=CC(C)(C)O2. The molecule has 5 atom stereocenters. The number of allylic oxidation sites excluding steroid dienone is 2. The largest absolute Gasteiger partial charge is 0.507 e. The molecule has 0 aliphatic carbocycles. The van der Waals surface area contributed by atoms with Gasteiger partial charge in [0, 0.05) is 17.2 Å². The van der Waals surface area contributed by atoms with Crippen molar-refractivity contribution in [2.45, 2.75) is 70.4 Å². The molecule has 11 heteroatoms. The number of hydrogen-bond acceptors (Lipinski definition) is 11. The summed E-state index contributed by atoms with van der Waals surface area (Å²) < 4.78 is 23.1. The Kier molecular flexibility index (Phi) is 7.82. The van der Waals surface area contributed by atoms with Gasteiger partial charge in [0.15, 0.2) is 0 Å². The normalized spacial score (nSPS) is 24.6. The number of phenolic OH excluding ortho intramolecular Hbond substituents is 2. The highest BCUT2D eigenvalue weighted by molar-refractivity contribution is 5.96. The standard InChI is InChI=1S/C31H34O11/c1-14(2)5-7-18-28-17(9-10-31(3,4)42-28)23(34)22-24(35)19(13-39-29(18)22)16-8-6-15(11-20(16)33)40-30-27(38)26(37)25(36)21(12-32)41-30/h5-6,8-11,13,21,25-27,30,32-34,36-38H,7,12H2,1-4H3. The van der Waals surface area contributed by atoms with Crippen molar-refractivity contribution in [3.05, 3.63) is 63.5 Å². The average Bonchev–Trinajstić information content (AvgIpc) is 2.93. The van der Waals surface area contributed by atoms with Gasteiger partial charge in [-0.25, -0.2) is 0 Å². The van der Waals surface area contributed by atoms with Crippen LogP contribution in [-0.4, -0.2) is 73.6 Å². The highest BCUT2D eigenvalue weighted by Crippen LogP contribution is 2.45. The van der Waals surface area contributed by atoms with E-state index in [9.17, 15) is 35.4 Å². The number of hydrogen-bond donors (Lipinski definition) is 6. The lowest BCUT2D eigenvalue weighted by Gasteiger charge is -2.39. The molecule has 11 nitrogen and oxygen atoms in total. The summed E-state index contributed by atoms with van der Waals surface area (Å²) >= 11 is 0. The third-order valence-electron chi connectivity index (χ3n) is 7.37. The molecule has 3 heterocycles. The first-order valence-corrected chi connectivity index (χ1v) is 13.5. The summed E-state index contributed by atoms with van der Waals surface area (Å²) in [4.78, 5) is 13.8. The molecule has 2 aliphatic heterocycles. The fourth-order valence-electron chi connectivity index (χ4n) is 5.05. The van der Waals surface area contributed by atoms with Gasteiger partial charge in [0.2, 0.25) is 11.7 Å². The third kappa shape index (κ3) is 5.25. The van der Waals surface area contributed by atoms with Crippen LogP contribution in [0.1, 0.15) is 38.8 Å². The molecular weight excluding hydrogens is 548 g/mol. The molecule has 3 aromatic rings. The topological polar surface area (TPSA) is 179 Å². The molecule has 0 amide bonds. The monoisotopic (exact) mass is 582 g/mol. The molecule has 5 unspecified atom stereocenters. The number of ether oxygens (including phenoxy) is 3. The number of aliphatic hydroxyl groups excluding tert-OH is 4. The first-order chi connectivity index (χ1) is 19.8.